The fourth-order valence-corrected chi connectivity index (χ4v) is 3.51. The van der Waals surface area contributed by atoms with Gasteiger partial charge in [-0.05, 0) is 37.1 Å². The molecule has 144 valence electrons. The number of carbonyl (C=O) groups excluding carboxylic acids is 1. The predicted molar refractivity (Wildman–Crippen MR) is 105 cm³/mol. The number of hydrogen-bond donors (Lipinski definition) is 0. The fourth-order valence-electron chi connectivity index (χ4n) is 3.51. The maximum absolute atomic E-state index is 12.8. The third kappa shape index (κ3) is 3.76. The van der Waals surface area contributed by atoms with Gasteiger partial charge in [0.15, 0.2) is 11.5 Å². The highest BCUT2D eigenvalue weighted by molar-refractivity contribution is 5.93. The molecule has 1 aromatic carbocycles. The normalized spacial score (nSPS) is 14.9. The van der Waals surface area contributed by atoms with Crippen molar-refractivity contribution < 1.29 is 14.1 Å². The van der Waals surface area contributed by atoms with E-state index in [0.717, 1.165) is 35.3 Å². The SMILES string of the molecule is Cc1cccc(C)c1OC1CCN(C(=O)c2cc(-c3cccnc3)on2)CC1. The number of amides is 1. The van der Waals surface area contributed by atoms with Crippen LogP contribution in [-0.2, 0) is 0 Å². The molecule has 0 unspecified atom stereocenters. The van der Waals surface area contributed by atoms with Crippen molar-refractivity contribution in [3.05, 3.63) is 65.6 Å². The molecule has 2 aromatic heterocycles. The molecule has 4 rings (SSSR count). The van der Waals surface area contributed by atoms with Gasteiger partial charge < -0.3 is 14.2 Å². The molecule has 1 aliphatic heterocycles. The van der Waals surface area contributed by atoms with Crippen molar-refractivity contribution in [2.45, 2.75) is 32.8 Å². The zero-order chi connectivity index (χ0) is 19.5. The van der Waals surface area contributed by atoms with Crippen LogP contribution in [0.3, 0.4) is 0 Å². The topological polar surface area (TPSA) is 68.5 Å². The largest absolute Gasteiger partial charge is 0.490 e. The number of likely N-dealkylation sites (tertiary alicyclic amines) is 1. The molecule has 0 aliphatic carbocycles. The molecule has 1 saturated heterocycles. The Morgan fingerprint density at radius 1 is 1.14 bits per heavy atom. The van der Waals surface area contributed by atoms with Crippen molar-refractivity contribution in [1.29, 1.82) is 0 Å². The average molecular weight is 377 g/mol. The highest BCUT2D eigenvalue weighted by Crippen LogP contribution is 2.27. The van der Waals surface area contributed by atoms with Crippen LogP contribution in [0.1, 0.15) is 34.5 Å². The fraction of sp³-hybridized carbons (Fsp3) is 0.318. The lowest BCUT2D eigenvalue weighted by molar-refractivity contribution is 0.0584. The van der Waals surface area contributed by atoms with Gasteiger partial charge in [0, 0.05) is 50.0 Å². The molecule has 28 heavy (non-hydrogen) atoms. The third-order valence-corrected chi connectivity index (χ3v) is 5.10. The molecule has 0 bridgehead atoms. The predicted octanol–water partition coefficient (Wildman–Crippen LogP) is 4.04. The smallest absolute Gasteiger partial charge is 0.276 e. The Hall–Kier alpha value is -3.15. The molecule has 3 aromatic rings. The van der Waals surface area contributed by atoms with Crippen LogP contribution < -0.4 is 4.74 Å². The van der Waals surface area contributed by atoms with E-state index in [1.165, 1.54) is 0 Å². The molecular weight excluding hydrogens is 354 g/mol. The zero-order valence-electron chi connectivity index (χ0n) is 16.1. The molecule has 0 radical (unpaired) electrons. The first-order chi connectivity index (χ1) is 13.6. The van der Waals surface area contributed by atoms with Crippen LogP contribution in [0.5, 0.6) is 5.75 Å². The van der Waals surface area contributed by atoms with Crippen LogP contribution in [0.25, 0.3) is 11.3 Å². The van der Waals surface area contributed by atoms with E-state index in [1.54, 1.807) is 18.5 Å². The van der Waals surface area contributed by atoms with E-state index in [1.807, 2.05) is 23.1 Å². The Bertz CT molecular complexity index is 940. The number of piperidine rings is 1. The number of benzene rings is 1. The summed E-state index contributed by atoms with van der Waals surface area (Å²) in [6, 6.07) is 11.5. The van der Waals surface area contributed by atoms with Crippen molar-refractivity contribution >= 4 is 5.91 Å². The van der Waals surface area contributed by atoms with E-state index in [9.17, 15) is 4.79 Å². The van der Waals surface area contributed by atoms with E-state index < -0.39 is 0 Å². The summed E-state index contributed by atoms with van der Waals surface area (Å²) in [6.07, 6.45) is 5.09. The summed E-state index contributed by atoms with van der Waals surface area (Å²) in [5.74, 6) is 1.40. The van der Waals surface area contributed by atoms with Crippen molar-refractivity contribution in [2.75, 3.05) is 13.1 Å². The molecule has 0 atom stereocenters. The minimum Gasteiger partial charge on any atom is -0.490 e. The number of nitrogens with zero attached hydrogens (tertiary/aromatic N) is 3. The summed E-state index contributed by atoms with van der Waals surface area (Å²) in [5, 5.41) is 3.95. The van der Waals surface area contributed by atoms with Gasteiger partial charge in [-0.1, -0.05) is 23.4 Å². The lowest BCUT2D eigenvalue weighted by atomic mass is 10.1. The van der Waals surface area contributed by atoms with Gasteiger partial charge >= 0.3 is 0 Å². The number of para-hydroxylation sites is 1. The molecule has 0 saturated carbocycles. The Morgan fingerprint density at radius 3 is 2.57 bits per heavy atom. The highest BCUT2D eigenvalue weighted by Gasteiger charge is 2.27. The van der Waals surface area contributed by atoms with Crippen LogP contribution in [0.4, 0.5) is 0 Å². The quantitative estimate of drug-likeness (QED) is 0.686. The Balaban J connectivity index is 1.37. The number of aryl methyl sites for hydroxylation is 2. The lowest BCUT2D eigenvalue weighted by Crippen LogP contribution is -2.42. The van der Waals surface area contributed by atoms with E-state index in [-0.39, 0.29) is 12.0 Å². The minimum atomic E-state index is -0.107. The van der Waals surface area contributed by atoms with Crippen LogP contribution in [0.15, 0.2) is 53.3 Å². The van der Waals surface area contributed by atoms with E-state index in [2.05, 4.69) is 36.1 Å². The number of rotatable bonds is 4. The number of aromatic nitrogens is 2. The summed E-state index contributed by atoms with van der Waals surface area (Å²) >= 11 is 0. The number of carbonyl (C=O) groups is 1. The number of ether oxygens (including phenoxy) is 1. The molecule has 6 heteroatoms. The standard InChI is InChI=1S/C22H23N3O3/c1-15-5-3-6-16(2)21(15)27-18-8-11-25(12-9-18)22(26)19-13-20(28-24-19)17-7-4-10-23-14-17/h3-7,10,13-14,18H,8-9,11-12H2,1-2H3. The van der Waals surface area contributed by atoms with Crippen molar-refractivity contribution in [2.24, 2.45) is 0 Å². The van der Waals surface area contributed by atoms with Gasteiger partial charge in [-0.2, -0.15) is 0 Å². The molecule has 1 amide bonds. The van der Waals surface area contributed by atoms with Gasteiger partial charge in [0.05, 0.1) is 0 Å². The second-order valence-corrected chi connectivity index (χ2v) is 7.15. The first kappa shape index (κ1) is 18.2. The molecular formula is C22H23N3O3. The third-order valence-electron chi connectivity index (χ3n) is 5.10. The van der Waals surface area contributed by atoms with Crippen molar-refractivity contribution in [3.8, 4) is 17.1 Å². The minimum absolute atomic E-state index is 0.107. The lowest BCUT2D eigenvalue weighted by Gasteiger charge is -2.32. The van der Waals surface area contributed by atoms with Gasteiger partial charge in [0.2, 0.25) is 0 Å². The van der Waals surface area contributed by atoms with Gasteiger partial charge in [0.25, 0.3) is 5.91 Å². The molecule has 1 aliphatic rings. The van der Waals surface area contributed by atoms with Crippen molar-refractivity contribution in [1.82, 2.24) is 15.0 Å². The second-order valence-electron chi connectivity index (χ2n) is 7.15. The zero-order valence-corrected chi connectivity index (χ0v) is 16.1. The van der Waals surface area contributed by atoms with Crippen LogP contribution >= 0.6 is 0 Å². The summed E-state index contributed by atoms with van der Waals surface area (Å²) < 4.78 is 11.6. The molecule has 1 fully saturated rings. The van der Waals surface area contributed by atoms with Crippen LogP contribution in [0, 0.1) is 13.8 Å². The first-order valence-electron chi connectivity index (χ1n) is 9.51. The second kappa shape index (κ2) is 7.84. The van der Waals surface area contributed by atoms with Crippen molar-refractivity contribution in [3.63, 3.8) is 0 Å². The maximum Gasteiger partial charge on any atom is 0.276 e. The van der Waals surface area contributed by atoms with Gasteiger partial charge in [-0.25, -0.2) is 0 Å². The summed E-state index contributed by atoms with van der Waals surface area (Å²) in [7, 11) is 0. The summed E-state index contributed by atoms with van der Waals surface area (Å²) in [6.45, 7) is 5.41. The van der Waals surface area contributed by atoms with Gasteiger partial charge in [-0.3, -0.25) is 9.78 Å². The van der Waals surface area contributed by atoms with Crippen LogP contribution in [0.2, 0.25) is 0 Å². The first-order valence-corrected chi connectivity index (χ1v) is 9.51. The van der Waals surface area contributed by atoms with Gasteiger partial charge in [-0.15, -0.1) is 0 Å². The van der Waals surface area contributed by atoms with E-state index in [0.29, 0.717) is 24.5 Å². The highest BCUT2D eigenvalue weighted by atomic mass is 16.5. The average Bonchev–Trinajstić information content (AvgIpc) is 3.22. The summed E-state index contributed by atoms with van der Waals surface area (Å²) in [4.78, 5) is 18.6. The Labute approximate surface area is 164 Å². The van der Waals surface area contributed by atoms with E-state index >= 15 is 0 Å². The summed E-state index contributed by atoms with van der Waals surface area (Å²) in [5.41, 5.74) is 3.41. The molecule has 3 heterocycles. The van der Waals surface area contributed by atoms with E-state index in [4.69, 9.17) is 9.26 Å². The number of pyridine rings is 1. The van der Waals surface area contributed by atoms with Crippen LogP contribution in [-0.4, -0.2) is 40.1 Å². The number of hydrogen-bond acceptors (Lipinski definition) is 5. The Kier molecular flexibility index (Phi) is 5.10. The Morgan fingerprint density at radius 2 is 1.89 bits per heavy atom. The molecule has 0 N–H and O–H groups in total. The molecule has 6 nitrogen and oxygen atoms in total. The monoisotopic (exact) mass is 377 g/mol. The maximum atomic E-state index is 12.8. The molecule has 0 spiro atoms. The van der Waals surface area contributed by atoms with Gasteiger partial charge in [0.1, 0.15) is 11.9 Å².